The Morgan fingerprint density at radius 1 is 1.32 bits per heavy atom. The molecule has 220 valence electrons. The van der Waals surface area contributed by atoms with Crippen LogP contribution in [0.2, 0.25) is 5.02 Å². The first-order valence-electron chi connectivity index (χ1n) is 14.0. The van der Waals surface area contributed by atoms with Crippen LogP contribution in [0, 0.1) is 17.1 Å². The van der Waals surface area contributed by atoms with Gasteiger partial charge in [-0.05, 0) is 89.0 Å². The van der Waals surface area contributed by atoms with Crippen LogP contribution >= 0.6 is 27.5 Å². The quantitative estimate of drug-likeness (QED) is 0.279. The maximum absolute atomic E-state index is 15.6. The Kier molecular flexibility index (Phi) is 8.39. The Morgan fingerprint density at radius 3 is 2.73 bits per heavy atom. The van der Waals surface area contributed by atoms with Crippen molar-refractivity contribution in [2.24, 2.45) is 0 Å². The summed E-state index contributed by atoms with van der Waals surface area (Å²) in [7, 11) is 2.08. The van der Waals surface area contributed by atoms with Crippen molar-refractivity contribution in [3.63, 3.8) is 0 Å². The van der Waals surface area contributed by atoms with Crippen molar-refractivity contribution in [1.82, 2.24) is 24.3 Å². The van der Waals surface area contributed by atoms with Crippen molar-refractivity contribution < 1.29 is 18.7 Å². The van der Waals surface area contributed by atoms with E-state index in [1.165, 1.54) is 0 Å². The summed E-state index contributed by atoms with van der Waals surface area (Å²) in [6.07, 6.45) is 4.48. The number of likely N-dealkylation sites (N-methyl/N-ethyl adjacent to an activating group) is 1. The maximum atomic E-state index is 15.6. The molecule has 0 radical (unpaired) electrons. The highest BCUT2D eigenvalue weighted by molar-refractivity contribution is 9.10. The lowest BCUT2D eigenvalue weighted by Crippen LogP contribution is -2.48. The third-order valence-corrected chi connectivity index (χ3v) is 9.36. The number of halogens is 3. The predicted octanol–water partition coefficient (Wildman–Crippen LogP) is 6.86. The van der Waals surface area contributed by atoms with Gasteiger partial charge in [0.15, 0.2) is 11.3 Å². The molecule has 3 aromatic rings. The number of imidazole rings is 1. The zero-order valence-electron chi connectivity index (χ0n) is 24.0. The number of nitriles is 1. The Bertz CT molecular complexity index is 1520. The normalized spacial score (nSPS) is 22.7. The van der Waals surface area contributed by atoms with Crippen LogP contribution in [-0.2, 0) is 4.74 Å². The highest BCUT2D eigenvalue weighted by Crippen LogP contribution is 2.41. The molecule has 4 heterocycles. The first kappa shape index (κ1) is 29.8. The van der Waals surface area contributed by atoms with E-state index in [0.717, 1.165) is 19.4 Å². The van der Waals surface area contributed by atoms with Gasteiger partial charge < -0.3 is 18.9 Å². The van der Waals surface area contributed by atoms with Gasteiger partial charge in [-0.25, -0.2) is 19.2 Å². The van der Waals surface area contributed by atoms with Gasteiger partial charge >= 0.3 is 6.09 Å². The fourth-order valence-corrected chi connectivity index (χ4v) is 6.59. The third kappa shape index (κ3) is 5.84. The van der Waals surface area contributed by atoms with Gasteiger partial charge in [-0.2, -0.15) is 5.26 Å². The van der Waals surface area contributed by atoms with E-state index in [4.69, 9.17) is 26.1 Å². The number of piperidine rings is 1. The van der Waals surface area contributed by atoms with Gasteiger partial charge in [-0.1, -0.05) is 11.6 Å². The second-order valence-electron chi connectivity index (χ2n) is 12.0. The van der Waals surface area contributed by atoms with Crippen molar-refractivity contribution in [2.75, 3.05) is 20.1 Å². The van der Waals surface area contributed by atoms with Crippen molar-refractivity contribution in [2.45, 2.75) is 89.6 Å². The number of nitrogens with zero attached hydrogens (tertiary/aromatic N) is 6. The van der Waals surface area contributed by atoms with Crippen LogP contribution < -0.4 is 4.74 Å². The van der Waals surface area contributed by atoms with Crippen LogP contribution in [0.4, 0.5) is 9.18 Å². The first-order chi connectivity index (χ1) is 19.4. The molecule has 0 unspecified atom stereocenters. The first-order valence-corrected chi connectivity index (χ1v) is 15.1. The molecule has 2 saturated heterocycles. The average Bonchev–Trinajstić information content (AvgIpc) is 3.54. The summed E-state index contributed by atoms with van der Waals surface area (Å²) in [5.41, 5.74) is 0.680. The number of ether oxygens (including phenoxy) is 2. The summed E-state index contributed by atoms with van der Waals surface area (Å²) in [4.78, 5) is 26.2. The minimum atomic E-state index is -0.643. The average molecular weight is 650 g/mol. The van der Waals surface area contributed by atoms with Crippen molar-refractivity contribution in [3.05, 3.63) is 27.7 Å². The Hall–Kier alpha value is -2.68. The number of amides is 1. The fourth-order valence-electron chi connectivity index (χ4n) is 6.10. The van der Waals surface area contributed by atoms with Crippen molar-refractivity contribution in [1.29, 1.82) is 5.26 Å². The van der Waals surface area contributed by atoms with E-state index in [1.807, 2.05) is 32.3 Å². The minimum Gasteiger partial charge on any atom is -0.471 e. The topological polar surface area (TPSA) is 96.5 Å². The molecule has 4 atom stereocenters. The number of aromatic nitrogens is 3. The number of carbonyl (C=O) groups excluding carboxylic acids is 1. The summed E-state index contributed by atoms with van der Waals surface area (Å²) in [6.45, 7) is 8.88. The molecule has 12 heteroatoms. The molecule has 1 aromatic carbocycles. The fraction of sp³-hybridized carbons (Fsp3) is 0.586. The van der Waals surface area contributed by atoms with Gasteiger partial charge in [0.1, 0.15) is 17.2 Å². The van der Waals surface area contributed by atoms with Gasteiger partial charge in [-0.15, -0.1) is 0 Å². The molecule has 2 aromatic heterocycles. The van der Waals surface area contributed by atoms with Crippen LogP contribution in [0.3, 0.4) is 0 Å². The molecule has 0 N–H and O–H groups in total. The largest absolute Gasteiger partial charge is 0.471 e. The molecule has 5 rings (SSSR count). The molecule has 41 heavy (non-hydrogen) atoms. The van der Waals surface area contributed by atoms with Crippen molar-refractivity contribution in [3.8, 4) is 11.9 Å². The minimum absolute atomic E-state index is 0.112. The zero-order valence-corrected chi connectivity index (χ0v) is 26.3. The molecule has 0 saturated carbocycles. The standard InChI is InChI=1S/C29H35BrClFN6O3/c1-16(21-7-6-11-36(21)5)40-27-25-26(19-14-20(31)22(30)23(32)24(19)35-27)38(15-34-25)18-9-12-37(17(13-18)8-10-33)28(39)41-29(2,3)4/h14-18,21H,6-9,11-13H2,1-5H3/t16-,17+,18-,21-/m0/s1. The molecule has 2 aliphatic heterocycles. The number of rotatable bonds is 5. The van der Waals surface area contributed by atoms with Gasteiger partial charge in [0.2, 0.25) is 5.88 Å². The van der Waals surface area contributed by atoms with E-state index in [0.29, 0.717) is 35.8 Å². The van der Waals surface area contributed by atoms with E-state index < -0.39 is 17.5 Å². The summed E-state index contributed by atoms with van der Waals surface area (Å²) in [5, 5.41) is 10.3. The molecule has 2 aliphatic rings. The van der Waals surface area contributed by atoms with Crippen LogP contribution in [0.1, 0.15) is 65.8 Å². The number of likely N-dealkylation sites (tertiary alicyclic amines) is 2. The summed E-state index contributed by atoms with van der Waals surface area (Å²) >= 11 is 9.68. The lowest BCUT2D eigenvalue weighted by molar-refractivity contribution is 0.00618. The molecule has 9 nitrogen and oxygen atoms in total. The van der Waals surface area contributed by atoms with Gasteiger partial charge in [0, 0.05) is 30.1 Å². The number of benzene rings is 1. The SMILES string of the molecule is C[C@H](Oc1nc2c(F)c(Br)c(Cl)cc2c2c1ncn2[C@H]1CCN(C(=O)OC(C)(C)C)[C@H](CC#N)C1)[C@@H]1CCCN1C. The highest BCUT2D eigenvalue weighted by atomic mass is 79.9. The molecular formula is C29H35BrClFN6O3. The highest BCUT2D eigenvalue weighted by Gasteiger charge is 2.36. The van der Waals surface area contributed by atoms with Gasteiger partial charge in [0.25, 0.3) is 0 Å². The summed E-state index contributed by atoms with van der Waals surface area (Å²) in [5.74, 6) is -0.299. The lowest BCUT2D eigenvalue weighted by atomic mass is 9.95. The van der Waals surface area contributed by atoms with Crippen LogP contribution in [0.25, 0.3) is 21.9 Å². The molecule has 0 bridgehead atoms. The Morgan fingerprint density at radius 2 is 2.07 bits per heavy atom. The van der Waals surface area contributed by atoms with Crippen LogP contribution in [0.15, 0.2) is 16.9 Å². The molecule has 0 aliphatic carbocycles. The lowest BCUT2D eigenvalue weighted by Gasteiger charge is -2.39. The van der Waals surface area contributed by atoms with E-state index in [-0.39, 0.29) is 51.5 Å². The Balaban J connectivity index is 1.57. The Labute approximate surface area is 252 Å². The molecule has 0 spiro atoms. The van der Waals surface area contributed by atoms with Crippen LogP contribution in [0.5, 0.6) is 5.88 Å². The van der Waals surface area contributed by atoms with E-state index >= 15 is 4.39 Å². The van der Waals surface area contributed by atoms with E-state index in [2.05, 4.69) is 38.9 Å². The van der Waals surface area contributed by atoms with Crippen molar-refractivity contribution >= 4 is 55.6 Å². The third-order valence-electron chi connectivity index (χ3n) is 8.05. The zero-order chi connectivity index (χ0) is 29.6. The smallest absolute Gasteiger partial charge is 0.410 e. The number of fused-ring (bicyclic) bond motifs is 3. The number of pyridine rings is 1. The summed E-state index contributed by atoms with van der Waals surface area (Å²) in [6, 6.07) is 3.67. The number of hydrogen-bond donors (Lipinski definition) is 0. The van der Waals surface area contributed by atoms with Crippen LogP contribution in [-0.4, -0.2) is 74.4 Å². The predicted molar refractivity (Wildman–Crippen MR) is 159 cm³/mol. The van der Waals surface area contributed by atoms with Gasteiger partial charge in [-0.3, -0.25) is 4.90 Å². The number of hydrogen-bond acceptors (Lipinski definition) is 7. The molecule has 2 fully saturated rings. The number of carbonyl (C=O) groups is 1. The monoisotopic (exact) mass is 648 g/mol. The maximum Gasteiger partial charge on any atom is 0.410 e. The second kappa shape index (κ2) is 11.5. The van der Waals surface area contributed by atoms with E-state index in [1.54, 1.807) is 17.3 Å². The van der Waals surface area contributed by atoms with Gasteiger partial charge in [0.05, 0.1) is 33.8 Å². The molecular weight excluding hydrogens is 615 g/mol. The molecule has 1 amide bonds. The summed E-state index contributed by atoms with van der Waals surface area (Å²) < 4.78 is 29.8. The van der Waals surface area contributed by atoms with E-state index in [9.17, 15) is 10.1 Å². The second-order valence-corrected chi connectivity index (χ2v) is 13.2.